The van der Waals surface area contributed by atoms with Crippen LogP contribution in [0.5, 0.6) is 0 Å². The minimum absolute atomic E-state index is 0.241. The molecule has 0 saturated heterocycles. The van der Waals surface area contributed by atoms with Crippen LogP contribution in [0, 0.1) is 0 Å². The first-order valence-corrected chi connectivity index (χ1v) is 3.11. The van der Waals surface area contributed by atoms with Gasteiger partial charge in [-0.05, 0) is 6.07 Å². The Bertz CT molecular complexity index is 346. The molecule has 0 amide bonds. The lowest BCUT2D eigenvalue weighted by Gasteiger charge is -1.97. The molecular weight excluding hydrogens is 168 g/mol. The molecule has 0 bridgehead atoms. The van der Waals surface area contributed by atoms with Gasteiger partial charge in [-0.25, -0.2) is 8.78 Å². The van der Waals surface area contributed by atoms with Crippen LogP contribution < -0.4 is 5.56 Å². The minimum Gasteiger partial charge on any atom is -0.328 e. The second-order valence-electron chi connectivity index (χ2n) is 2.14. The average molecular weight is 173 g/mol. The zero-order chi connectivity index (χ0) is 9.14. The number of H-pyrrole nitrogens is 1. The fraction of sp³-hybridized carbons (Fsp3) is 0.143. The highest BCUT2D eigenvalue weighted by molar-refractivity contribution is 5.74. The number of hydrogen-bond acceptors (Lipinski definition) is 2. The molecule has 3 nitrogen and oxygen atoms in total. The van der Waals surface area contributed by atoms with Gasteiger partial charge in [0, 0.05) is 11.8 Å². The van der Waals surface area contributed by atoms with E-state index >= 15 is 0 Å². The van der Waals surface area contributed by atoms with Crippen molar-refractivity contribution in [3.05, 3.63) is 33.7 Å². The molecule has 5 heteroatoms. The van der Waals surface area contributed by atoms with Crippen LogP contribution in [-0.4, -0.2) is 11.3 Å². The fourth-order valence-electron chi connectivity index (χ4n) is 0.733. The van der Waals surface area contributed by atoms with Gasteiger partial charge in [0.2, 0.25) is 0 Å². The first-order chi connectivity index (χ1) is 5.65. The number of aromatic nitrogens is 1. The molecule has 0 fully saturated rings. The van der Waals surface area contributed by atoms with Gasteiger partial charge in [-0.1, -0.05) is 0 Å². The van der Waals surface area contributed by atoms with E-state index in [1.165, 1.54) is 0 Å². The maximum absolute atomic E-state index is 12.0. The second kappa shape index (κ2) is 3.25. The average Bonchev–Trinajstić information content (AvgIpc) is 2.05. The van der Waals surface area contributed by atoms with E-state index in [2.05, 4.69) is 0 Å². The Hall–Kier alpha value is -1.52. The highest BCUT2D eigenvalue weighted by Gasteiger charge is 2.08. The quantitative estimate of drug-likeness (QED) is 0.681. The standard InChI is InChI=1S/C7H5F2NO2/c8-6(9)4-1-5(3-11)7(12)10-2-4/h1-3,6H,(H,10,12). The van der Waals surface area contributed by atoms with Gasteiger partial charge in [0.05, 0.1) is 5.56 Å². The summed E-state index contributed by atoms with van der Waals surface area (Å²) < 4.78 is 24.0. The Morgan fingerprint density at radius 3 is 2.67 bits per heavy atom. The summed E-state index contributed by atoms with van der Waals surface area (Å²) in [6.07, 6.45) is -1.55. The van der Waals surface area contributed by atoms with Gasteiger partial charge in [0.1, 0.15) is 0 Å². The molecule has 0 spiro atoms. The van der Waals surface area contributed by atoms with Crippen LogP contribution in [0.2, 0.25) is 0 Å². The Morgan fingerprint density at radius 2 is 2.17 bits per heavy atom. The number of carbonyl (C=O) groups excluding carboxylic acids is 1. The number of rotatable bonds is 2. The van der Waals surface area contributed by atoms with Crippen LogP contribution in [-0.2, 0) is 0 Å². The monoisotopic (exact) mass is 173 g/mol. The summed E-state index contributed by atoms with van der Waals surface area (Å²) in [4.78, 5) is 22.9. The van der Waals surface area contributed by atoms with Crippen LogP contribution in [0.3, 0.4) is 0 Å². The Kier molecular flexibility index (Phi) is 2.32. The summed E-state index contributed by atoms with van der Waals surface area (Å²) in [5.74, 6) is 0. The zero-order valence-corrected chi connectivity index (χ0v) is 5.88. The fourth-order valence-corrected chi connectivity index (χ4v) is 0.733. The molecule has 0 saturated carbocycles. The second-order valence-corrected chi connectivity index (χ2v) is 2.14. The van der Waals surface area contributed by atoms with Crippen LogP contribution in [0.1, 0.15) is 22.3 Å². The number of hydrogen-bond donors (Lipinski definition) is 1. The smallest absolute Gasteiger partial charge is 0.265 e. The van der Waals surface area contributed by atoms with E-state index in [0.29, 0.717) is 0 Å². The Balaban J connectivity index is 3.23. The lowest BCUT2D eigenvalue weighted by Crippen LogP contribution is -2.11. The van der Waals surface area contributed by atoms with Crippen molar-refractivity contribution >= 4 is 6.29 Å². The van der Waals surface area contributed by atoms with E-state index < -0.39 is 12.0 Å². The summed E-state index contributed by atoms with van der Waals surface area (Å²) in [5, 5.41) is 0. The van der Waals surface area contributed by atoms with Gasteiger partial charge in [0.15, 0.2) is 6.29 Å². The molecule has 0 atom stereocenters. The van der Waals surface area contributed by atoms with E-state index in [4.69, 9.17) is 0 Å². The van der Waals surface area contributed by atoms with Gasteiger partial charge in [-0.15, -0.1) is 0 Å². The predicted molar refractivity (Wildman–Crippen MR) is 37.4 cm³/mol. The molecule has 1 rings (SSSR count). The van der Waals surface area contributed by atoms with Gasteiger partial charge in [0.25, 0.3) is 12.0 Å². The molecule has 0 aliphatic carbocycles. The number of alkyl halides is 2. The normalized spacial score (nSPS) is 10.2. The summed E-state index contributed by atoms with van der Waals surface area (Å²) >= 11 is 0. The van der Waals surface area contributed by atoms with Crippen molar-refractivity contribution < 1.29 is 13.6 Å². The lowest BCUT2D eigenvalue weighted by atomic mass is 10.2. The molecule has 0 aromatic carbocycles. The third-order valence-corrected chi connectivity index (χ3v) is 1.33. The van der Waals surface area contributed by atoms with Gasteiger partial charge < -0.3 is 4.98 Å². The lowest BCUT2D eigenvalue weighted by molar-refractivity contribution is 0.112. The van der Waals surface area contributed by atoms with E-state index in [1.807, 2.05) is 4.98 Å². The van der Waals surface area contributed by atoms with Crippen molar-refractivity contribution in [1.82, 2.24) is 4.98 Å². The SMILES string of the molecule is O=Cc1cc(C(F)F)c[nH]c1=O. The Labute approximate surface area is 66.0 Å². The van der Waals surface area contributed by atoms with Gasteiger partial charge >= 0.3 is 0 Å². The number of carbonyl (C=O) groups is 1. The third-order valence-electron chi connectivity index (χ3n) is 1.33. The largest absolute Gasteiger partial charge is 0.328 e. The number of pyridine rings is 1. The Morgan fingerprint density at radius 1 is 1.50 bits per heavy atom. The molecule has 64 valence electrons. The number of halogens is 2. The zero-order valence-electron chi connectivity index (χ0n) is 5.88. The number of nitrogens with one attached hydrogen (secondary N) is 1. The molecule has 12 heavy (non-hydrogen) atoms. The number of aldehydes is 1. The molecule has 0 aliphatic rings. The predicted octanol–water partition coefficient (Wildman–Crippen LogP) is 1.12. The van der Waals surface area contributed by atoms with Crippen molar-refractivity contribution in [3.63, 3.8) is 0 Å². The molecule has 1 N–H and O–H groups in total. The maximum atomic E-state index is 12.0. The summed E-state index contributed by atoms with van der Waals surface area (Å²) in [7, 11) is 0. The number of aromatic amines is 1. The molecule has 1 aromatic rings. The molecular formula is C7H5F2NO2. The van der Waals surface area contributed by atoms with Crippen LogP contribution >= 0.6 is 0 Å². The van der Waals surface area contributed by atoms with E-state index in [9.17, 15) is 18.4 Å². The molecule has 1 heterocycles. The molecule has 0 aliphatic heterocycles. The van der Waals surface area contributed by atoms with E-state index in [0.717, 1.165) is 12.3 Å². The van der Waals surface area contributed by atoms with E-state index in [1.54, 1.807) is 0 Å². The van der Waals surface area contributed by atoms with Crippen molar-refractivity contribution in [2.24, 2.45) is 0 Å². The first-order valence-electron chi connectivity index (χ1n) is 3.11. The summed E-state index contributed by atoms with van der Waals surface area (Å²) in [6.45, 7) is 0. The van der Waals surface area contributed by atoms with Crippen LogP contribution in [0.4, 0.5) is 8.78 Å². The van der Waals surface area contributed by atoms with Gasteiger partial charge in [-0.2, -0.15) is 0 Å². The molecule has 0 radical (unpaired) electrons. The summed E-state index contributed by atoms with van der Waals surface area (Å²) in [6, 6.07) is 0.872. The van der Waals surface area contributed by atoms with Crippen LogP contribution in [0.15, 0.2) is 17.1 Å². The first kappa shape index (κ1) is 8.58. The molecule has 0 unspecified atom stereocenters. The third kappa shape index (κ3) is 1.55. The van der Waals surface area contributed by atoms with Crippen molar-refractivity contribution in [2.75, 3.05) is 0 Å². The minimum atomic E-state index is -2.68. The van der Waals surface area contributed by atoms with Crippen molar-refractivity contribution in [2.45, 2.75) is 6.43 Å². The van der Waals surface area contributed by atoms with E-state index in [-0.39, 0.29) is 17.4 Å². The van der Waals surface area contributed by atoms with Crippen LogP contribution in [0.25, 0.3) is 0 Å². The topological polar surface area (TPSA) is 49.9 Å². The highest BCUT2D eigenvalue weighted by atomic mass is 19.3. The van der Waals surface area contributed by atoms with Gasteiger partial charge in [-0.3, -0.25) is 9.59 Å². The van der Waals surface area contributed by atoms with Crippen molar-refractivity contribution in [1.29, 1.82) is 0 Å². The highest BCUT2D eigenvalue weighted by Crippen LogP contribution is 2.16. The maximum Gasteiger partial charge on any atom is 0.265 e. The summed E-state index contributed by atoms with van der Waals surface area (Å²) in [5.41, 5.74) is -1.31. The van der Waals surface area contributed by atoms with Crippen molar-refractivity contribution in [3.8, 4) is 0 Å². The molecule has 1 aromatic heterocycles.